The van der Waals surface area contributed by atoms with Crippen molar-refractivity contribution < 1.29 is 0 Å². The Morgan fingerprint density at radius 1 is 1.33 bits per heavy atom. The van der Waals surface area contributed by atoms with E-state index >= 15 is 0 Å². The van der Waals surface area contributed by atoms with Gasteiger partial charge in [0.15, 0.2) is 0 Å². The number of nitrogens with one attached hydrogen (secondary N) is 1. The molecule has 0 radical (unpaired) electrons. The molecule has 1 atom stereocenters. The van der Waals surface area contributed by atoms with Crippen molar-refractivity contribution in [3.05, 3.63) is 20.8 Å². The minimum Gasteiger partial charge on any atom is -0.313 e. The second-order valence-electron chi connectivity index (χ2n) is 5.57. The molecule has 18 heavy (non-hydrogen) atoms. The number of hydrogen-bond acceptors (Lipinski definition) is 3. The molecule has 2 aliphatic rings. The van der Waals surface area contributed by atoms with E-state index in [9.17, 15) is 0 Å². The number of rotatable bonds is 5. The highest BCUT2D eigenvalue weighted by atomic mass is 79.9. The average Bonchev–Trinajstić information content (AvgIpc) is 3.15. The van der Waals surface area contributed by atoms with Gasteiger partial charge in [-0.15, -0.1) is 11.3 Å². The first kappa shape index (κ1) is 13.1. The van der Waals surface area contributed by atoms with Gasteiger partial charge in [0.05, 0.1) is 3.79 Å². The molecule has 4 heteroatoms. The van der Waals surface area contributed by atoms with Crippen LogP contribution >= 0.6 is 27.3 Å². The van der Waals surface area contributed by atoms with E-state index in [1.165, 1.54) is 54.5 Å². The molecule has 1 aliphatic carbocycles. The Bertz CT molecular complexity index is 383. The molecule has 1 saturated heterocycles. The van der Waals surface area contributed by atoms with Gasteiger partial charge in [-0.3, -0.25) is 4.90 Å². The van der Waals surface area contributed by atoms with Crippen molar-refractivity contribution in [2.24, 2.45) is 0 Å². The Hall–Kier alpha value is 0.1000. The normalized spacial score (nSPS) is 24.7. The standard InChI is InChI=1S/C14H21BrN2S/c15-14-7-11(10-18-14)8-17(13-4-5-13)9-12-3-1-2-6-16-12/h7,10,12-13,16H,1-6,8-9H2. The van der Waals surface area contributed by atoms with Gasteiger partial charge in [0.25, 0.3) is 0 Å². The van der Waals surface area contributed by atoms with Crippen molar-refractivity contribution in [3.63, 3.8) is 0 Å². The van der Waals surface area contributed by atoms with Crippen LogP contribution in [0.5, 0.6) is 0 Å². The third-order valence-electron chi connectivity index (χ3n) is 3.94. The highest BCUT2D eigenvalue weighted by molar-refractivity contribution is 9.11. The molecule has 1 saturated carbocycles. The number of nitrogens with zero attached hydrogens (tertiary/aromatic N) is 1. The van der Waals surface area contributed by atoms with Crippen LogP contribution < -0.4 is 5.32 Å². The second kappa shape index (κ2) is 6.04. The lowest BCUT2D eigenvalue weighted by molar-refractivity contribution is 0.208. The molecule has 0 amide bonds. The van der Waals surface area contributed by atoms with E-state index in [1.54, 1.807) is 11.3 Å². The lowest BCUT2D eigenvalue weighted by atomic mass is 10.0. The van der Waals surface area contributed by atoms with Crippen LogP contribution in [0.1, 0.15) is 37.7 Å². The minimum atomic E-state index is 0.724. The number of halogens is 1. The van der Waals surface area contributed by atoms with Crippen molar-refractivity contribution in [3.8, 4) is 0 Å². The Morgan fingerprint density at radius 2 is 2.22 bits per heavy atom. The lowest BCUT2D eigenvalue weighted by Crippen LogP contribution is -2.44. The van der Waals surface area contributed by atoms with Crippen molar-refractivity contribution in [2.45, 2.75) is 50.7 Å². The fraction of sp³-hybridized carbons (Fsp3) is 0.714. The maximum atomic E-state index is 3.67. The van der Waals surface area contributed by atoms with Crippen LogP contribution in [0.2, 0.25) is 0 Å². The fourth-order valence-corrected chi connectivity index (χ4v) is 4.01. The van der Waals surface area contributed by atoms with Crippen molar-refractivity contribution in [1.82, 2.24) is 10.2 Å². The first-order valence-corrected chi connectivity index (χ1v) is 8.69. The minimum absolute atomic E-state index is 0.724. The zero-order valence-corrected chi connectivity index (χ0v) is 13.1. The Labute approximate surface area is 122 Å². The molecule has 0 spiro atoms. The average molecular weight is 329 g/mol. The summed E-state index contributed by atoms with van der Waals surface area (Å²) in [6.45, 7) is 3.58. The molecular weight excluding hydrogens is 308 g/mol. The summed E-state index contributed by atoms with van der Waals surface area (Å²) in [7, 11) is 0. The maximum Gasteiger partial charge on any atom is 0.0701 e. The SMILES string of the molecule is Brc1cc(CN(CC2CCCCN2)C2CC2)cs1. The molecule has 1 aromatic heterocycles. The quantitative estimate of drug-likeness (QED) is 0.888. The van der Waals surface area contributed by atoms with E-state index in [0.29, 0.717) is 0 Å². The third-order valence-corrected chi connectivity index (χ3v) is 5.49. The molecule has 0 bridgehead atoms. The maximum absolute atomic E-state index is 3.67. The van der Waals surface area contributed by atoms with Crippen molar-refractivity contribution >= 4 is 27.3 Å². The van der Waals surface area contributed by atoms with Crippen molar-refractivity contribution in [1.29, 1.82) is 0 Å². The summed E-state index contributed by atoms with van der Waals surface area (Å²) in [6.07, 6.45) is 6.92. The summed E-state index contributed by atoms with van der Waals surface area (Å²) in [6, 6.07) is 3.85. The highest BCUT2D eigenvalue weighted by Crippen LogP contribution is 2.30. The molecule has 100 valence electrons. The highest BCUT2D eigenvalue weighted by Gasteiger charge is 2.30. The largest absolute Gasteiger partial charge is 0.313 e. The van der Waals surface area contributed by atoms with Crippen LogP contribution in [0.25, 0.3) is 0 Å². The van der Waals surface area contributed by atoms with Gasteiger partial charge in [-0.05, 0) is 65.2 Å². The predicted molar refractivity (Wildman–Crippen MR) is 81.1 cm³/mol. The zero-order chi connectivity index (χ0) is 12.4. The lowest BCUT2D eigenvalue weighted by Gasteiger charge is -2.30. The smallest absolute Gasteiger partial charge is 0.0701 e. The molecule has 2 fully saturated rings. The third kappa shape index (κ3) is 3.56. The molecular formula is C14H21BrN2S. The molecule has 0 aromatic carbocycles. The number of piperidine rings is 1. The number of hydrogen-bond donors (Lipinski definition) is 1. The zero-order valence-electron chi connectivity index (χ0n) is 10.7. The summed E-state index contributed by atoms with van der Waals surface area (Å²) in [5.74, 6) is 0. The van der Waals surface area contributed by atoms with Gasteiger partial charge in [-0.1, -0.05) is 6.42 Å². The van der Waals surface area contributed by atoms with Gasteiger partial charge in [-0.25, -0.2) is 0 Å². The summed E-state index contributed by atoms with van der Waals surface area (Å²) in [5.41, 5.74) is 1.47. The monoisotopic (exact) mass is 328 g/mol. The summed E-state index contributed by atoms with van der Waals surface area (Å²) in [5, 5.41) is 5.96. The van der Waals surface area contributed by atoms with Crippen molar-refractivity contribution in [2.75, 3.05) is 13.1 Å². The summed E-state index contributed by atoms with van der Waals surface area (Å²) >= 11 is 5.36. The topological polar surface area (TPSA) is 15.3 Å². The molecule has 2 nitrogen and oxygen atoms in total. The van der Waals surface area contributed by atoms with E-state index in [4.69, 9.17) is 0 Å². The molecule has 3 rings (SSSR count). The first-order valence-electron chi connectivity index (χ1n) is 7.01. The van der Waals surface area contributed by atoms with E-state index in [2.05, 4.69) is 37.6 Å². The van der Waals surface area contributed by atoms with E-state index in [-0.39, 0.29) is 0 Å². The number of thiophene rings is 1. The van der Waals surface area contributed by atoms with Gasteiger partial charge in [0, 0.05) is 25.2 Å². The van der Waals surface area contributed by atoms with E-state index in [0.717, 1.165) is 18.6 Å². The molecule has 1 aliphatic heterocycles. The summed E-state index contributed by atoms with van der Waals surface area (Å²) in [4.78, 5) is 2.69. The fourth-order valence-electron chi connectivity index (χ4n) is 2.81. The van der Waals surface area contributed by atoms with Crippen LogP contribution in [-0.2, 0) is 6.54 Å². The van der Waals surface area contributed by atoms with Gasteiger partial charge in [0.2, 0.25) is 0 Å². The Balaban J connectivity index is 1.57. The van der Waals surface area contributed by atoms with Gasteiger partial charge >= 0.3 is 0 Å². The molecule has 1 unspecified atom stereocenters. The molecule has 1 N–H and O–H groups in total. The van der Waals surface area contributed by atoms with Crippen LogP contribution in [-0.4, -0.2) is 30.1 Å². The van der Waals surface area contributed by atoms with Gasteiger partial charge in [0.1, 0.15) is 0 Å². The van der Waals surface area contributed by atoms with Gasteiger partial charge < -0.3 is 5.32 Å². The second-order valence-corrected chi connectivity index (χ2v) is 7.86. The molecule has 1 aromatic rings. The Morgan fingerprint density at radius 3 is 2.83 bits per heavy atom. The first-order chi connectivity index (χ1) is 8.81. The van der Waals surface area contributed by atoms with Crippen LogP contribution in [0.3, 0.4) is 0 Å². The van der Waals surface area contributed by atoms with Crippen LogP contribution in [0, 0.1) is 0 Å². The van der Waals surface area contributed by atoms with E-state index in [1.807, 2.05) is 0 Å². The predicted octanol–water partition coefficient (Wildman–Crippen LogP) is 3.62. The molecule has 2 heterocycles. The van der Waals surface area contributed by atoms with Crippen LogP contribution in [0.15, 0.2) is 15.2 Å². The van der Waals surface area contributed by atoms with Gasteiger partial charge in [-0.2, -0.15) is 0 Å². The van der Waals surface area contributed by atoms with E-state index < -0.39 is 0 Å². The Kier molecular flexibility index (Phi) is 4.39. The summed E-state index contributed by atoms with van der Waals surface area (Å²) < 4.78 is 1.25. The van der Waals surface area contributed by atoms with Crippen LogP contribution in [0.4, 0.5) is 0 Å².